The fourth-order valence-corrected chi connectivity index (χ4v) is 4.66. The Labute approximate surface area is 169 Å². The van der Waals surface area contributed by atoms with E-state index in [1.807, 2.05) is 18.8 Å². The summed E-state index contributed by atoms with van der Waals surface area (Å²) in [7, 11) is 2.01. The molecule has 0 amide bonds. The van der Waals surface area contributed by atoms with Gasteiger partial charge in [-0.3, -0.25) is 4.90 Å². The summed E-state index contributed by atoms with van der Waals surface area (Å²) < 4.78 is 0. The first kappa shape index (κ1) is 20.0. The lowest BCUT2D eigenvalue weighted by Gasteiger charge is -2.31. The molecule has 0 aliphatic carbocycles. The number of piperidine rings is 1. The lowest BCUT2D eigenvalue weighted by atomic mass is 9.94. The lowest BCUT2D eigenvalue weighted by molar-refractivity contribution is 0.175. The van der Waals surface area contributed by atoms with Gasteiger partial charge >= 0.3 is 0 Å². The average Bonchev–Trinajstić information content (AvgIpc) is 2.71. The number of benzene rings is 2. The van der Waals surface area contributed by atoms with Crippen molar-refractivity contribution in [2.45, 2.75) is 32.7 Å². The molecule has 27 heavy (non-hydrogen) atoms. The number of likely N-dealkylation sites (tertiary alicyclic amines) is 1. The Kier molecular flexibility index (Phi) is 7.85. The van der Waals surface area contributed by atoms with Crippen LogP contribution in [0.2, 0.25) is 0 Å². The van der Waals surface area contributed by atoms with E-state index in [-0.39, 0.29) is 0 Å². The Balaban J connectivity index is 1.38. The minimum absolute atomic E-state index is 0.885. The summed E-state index contributed by atoms with van der Waals surface area (Å²) in [5.41, 5.74) is 5.23. The smallest absolute Gasteiger partial charge is 0.0475 e. The van der Waals surface area contributed by atoms with Gasteiger partial charge in [0.05, 0.1) is 0 Å². The fourth-order valence-electron chi connectivity index (χ4n) is 3.66. The molecule has 1 heterocycles. The Hall–Kier alpha value is -1.71. The van der Waals surface area contributed by atoms with E-state index >= 15 is 0 Å². The zero-order valence-corrected chi connectivity index (χ0v) is 17.5. The van der Waals surface area contributed by atoms with Crippen molar-refractivity contribution in [1.82, 2.24) is 10.2 Å². The third kappa shape index (κ3) is 6.44. The van der Waals surface area contributed by atoms with E-state index in [4.69, 9.17) is 0 Å². The SMILES string of the molecule is CN/C(=C\SCCC1CCN(Cc2ccccc2)CC1)c1ccc(C)cc1. The largest absolute Gasteiger partial charge is 0.387 e. The third-order valence-corrected chi connectivity index (χ3v) is 6.31. The van der Waals surface area contributed by atoms with Gasteiger partial charge in [0.1, 0.15) is 0 Å². The normalized spacial score (nSPS) is 16.4. The predicted molar refractivity (Wildman–Crippen MR) is 120 cm³/mol. The summed E-state index contributed by atoms with van der Waals surface area (Å²) in [5.74, 6) is 2.09. The quantitative estimate of drug-likeness (QED) is 0.605. The standard InChI is InChI=1S/C24H32N2S/c1-20-8-10-23(11-9-20)24(25-2)19-27-17-14-21-12-15-26(16-13-21)18-22-6-4-3-5-7-22/h3-11,19,21,25H,12-18H2,1-2H3/b24-19-. The Morgan fingerprint density at radius 2 is 1.78 bits per heavy atom. The van der Waals surface area contributed by atoms with E-state index < -0.39 is 0 Å². The molecule has 0 spiro atoms. The number of nitrogens with one attached hydrogen (secondary N) is 1. The van der Waals surface area contributed by atoms with Gasteiger partial charge in [-0.1, -0.05) is 60.2 Å². The second-order valence-corrected chi connectivity index (χ2v) is 8.49. The monoisotopic (exact) mass is 380 g/mol. The molecule has 0 unspecified atom stereocenters. The van der Waals surface area contributed by atoms with Crippen molar-refractivity contribution in [3.05, 3.63) is 76.7 Å². The molecular weight excluding hydrogens is 348 g/mol. The van der Waals surface area contributed by atoms with Crippen LogP contribution < -0.4 is 5.32 Å². The van der Waals surface area contributed by atoms with Crippen LogP contribution in [0.15, 0.2) is 60.0 Å². The molecule has 3 heteroatoms. The van der Waals surface area contributed by atoms with Crippen molar-refractivity contribution < 1.29 is 0 Å². The van der Waals surface area contributed by atoms with E-state index in [1.165, 1.54) is 60.5 Å². The van der Waals surface area contributed by atoms with Gasteiger partial charge in [0.25, 0.3) is 0 Å². The molecule has 1 N–H and O–H groups in total. The first-order chi connectivity index (χ1) is 13.2. The maximum atomic E-state index is 3.34. The molecule has 1 aliphatic rings. The predicted octanol–water partition coefficient (Wildman–Crippen LogP) is 5.55. The van der Waals surface area contributed by atoms with Gasteiger partial charge in [-0.15, -0.1) is 11.8 Å². The van der Waals surface area contributed by atoms with E-state index in [9.17, 15) is 0 Å². The molecule has 0 aromatic heterocycles. The first-order valence-corrected chi connectivity index (χ1v) is 11.1. The molecule has 0 atom stereocenters. The molecule has 2 nitrogen and oxygen atoms in total. The van der Waals surface area contributed by atoms with Crippen molar-refractivity contribution in [3.8, 4) is 0 Å². The molecule has 0 radical (unpaired) electrons. The van der Waals surface area contributed by atoms with Crippen LogP contribution in [0, 0.1) is 12.8 Å². The summed E-state index contributed by atoms with van der Waals surface area (Å²) in [6.07, 6.45) is 4.01. The van der Waals surface area contributed by atoms with Gasteiger partial charge in [-0.25, -0.2) is 0 Å². The maximum absolute atomic E-state index is 3.34. The Morgan fingerprint density at radius 3 is 2.44 bits per heavy atom. The van der Waals surface area contributed by atoms with E-state index in [2.05, 4.69) is 77.1 Å². The highest BCUT2D eigenvalue weighted by Gasteiger charge is 2.18. The Bertz CT molecular complexity index is 701. The topological polar surface area (TPSA) is 15.3 Å². The molecule has 3 rings (SSSR count). The highest BCUT2D eigenvalue weighted by atomic mass is 32.2. The highest BCUT2D eigenvalue weighted by Crippen LogP contribution is 2.25. The average molecular weight is 381 g/mol. The number of aryl methyl sites for hydroxylation is 1. The fraction of sp³-hybridized carbons (Fsp3) is 0.417. The van der Waals surface area contributed by atoms with Crippen LogP contribution in [0.1, 0.15) is 36.0 Å². The van der Waals surface area contributed by atoms with Gasteiger partial charge in [0, 0.05) is 19.3 Å². The summed E-state index contributed by atoms with van der Waals surface area (Å²) in [5, 5.41) is 5.63. The molecule has 1 fully saturated rings. The molecule has 1 aliphatic heterocycles. The molecule has 2 aromatic carbocycles. The second kappa shape index (κ2) is 10.6. The third-order valence-electron chi connectivity index (χ3n) is 5.43. The molecule has 1 saturated heterocycles. The zero-order chi connectivity index (χ0) is 18.9. The van der Waals surface area contributed by atoms with Crippen LogP contribution in [0.25, 0.3) is 5.70 Å². The van der Waals surface area contributed by atoms with Crippen LogP contribution in [0.4, 0.5) is 0 Å². The second-order valence-electron chi connectivity index (χ2n) is 7.51. The first-order valence-electron chi connectivity index (χ1n) is 10.1. The Morgan fingerprint density at radius 1 is 1.07 bits per heavy atom. The van der Waals surface area contributed by atoms with Crippen LogP contribution in [-0.2, 0) is 6.54 Å². The summed E-state index contributed by atoms with van der Waals surface area (Å²) >= 11 is 1.94. The number of rotatable bonds is 8. The van der Waals surface area contributed by atoms with Crippen molar-refractivity contribution in [2.24, 2.45) is 5.92 Å². The van der Waals surface area contributed by atoms with E-state index in [0.717, 1.165) is 12.5 Å². The number of thioether (sulfide) groups is 1. The minimum Gasteiger partial charge on any atom is -0.387 e. The lowest BCUT2D eigenvalue weighted by Crippen LogP contribution is -2.33. The molecule has 144 valence electrons. The molecule has 2 aromatic rings. The van der Waals surface area contributed by atoms with E-state index in [0.29, 0.717) is 0 Å². The van der Waals surface area contributed by atoms with E-state index in [1.54, 1.807) is 0 Å². The number of hydrogen-bond donors (Lipinski definition) is 1. The van der Waals surface area contributed by atoms with Crippen molar-refractivity contribution in [3.63, 3.8) is 0 Å². The van der Waals surface area contributed by atoms with Crippen LogP contribution in [0.5, 0.6) is 0 Å². The van der Waals surface area contributed by atoms with Gasteiger partial charge in [0.15, 0.2) is 0 Å². The summed E-state index contributed by atoms with van der Waals surface area (Å²) in [6.45, 7) is 5.72. The maximum Gasteiger partial charge on any atom is 0.0475 e. The summed E-state index contributed by atoms with van der Waals surface area (Å²) in [6, 6.07) is 19.6. The molecule has 0 bridgehead atoms. The van der Waals surface area contributed by atoms with Crippen LogP contribution in [0.3, 0.4) is 0 Å². The number of hydrogen-bond acceptors (Lipinski definition) is 3. The van der Waals surface area contributed by atoms with Gasteiger partial charge in [0.2, 0.25) is 0 Å². The van der Waals surface area contributed by atoms with Crippen LogP contribution >= 0.6 is 11.8 Å². The van der Waals surface area contributed by atoms with Crippen LogP contribution in [-0.4, -0.2) is 30.8 Å². The van der Waals surface area contributed by atoms with Gasteiger partial charge < -0.3 is 5.32 Å². The van der Waals surface area contributed by atoms with Crippen molar-refractivity contribution in [2.75, 3.05) is 25.9 Å². The zero-order valence-electron chi connectivity index (χ0n) is 16.7. The minimum atomic E-state index is 0.885. The molecule has 0 saturated carbocycles. The molecular formula is C24H32N2S. The van der Waals surface area contributed by atoms with Gasteiger partial charge in [-0.2, -0.15) is 0 Å². The van der Waals surface area contributed by atoms with Crippen molar-refractivity contribution >= 4 is 17.5 Å². The van der Waals surface area contributed by atoms with Crippen molar-refractivity contribution in [1.29, 1.82) is 0 Å². The van der Waals surface area contributed by atoms with Gasteiger partial charge in [-0.05, 0) is 67.5 Å². The number of nitrogens with zero attached hydrogens (tertiary/aromatic N) is 1. The summed E-state index contributed by atoms with van der Waals surface area (Å²) in [4.78, 5) is 2.61. The highest BCUT2D eigenvalue weighted by molar-refractivity contribution is 8.02.